The van der Waals surface area contributed by atoms with Crippen molar-refractivity contribution >= 4 is 21.7 Å². The van der Waals surface area contributed by atoms with Crippen LogP contribution in [-0.4, -0.2) is 46.8 Å². The van der Waals surface area contributed by atoms with Crippen molar-refractivity contribution in [2.24, 2.45) is 0 Å². The average Bonchev–Trinajstić information content (AvgIpc) is 2.86. The van der Waals surface area contributed by atoms with Gasteiger partial charge in [-0.2, -0.15) is 0 Å². The van der Waals surface area contributed by atoms with Gasteiger partial charge >= 0.3 is 6.16 Å². The van der Waals surface area contributed by atoms with E-state index >= 15 is 0 Å². The number of aromatic nitrogens is 1. The minimum Gasteiger partial charge on any atom is -0.492 e. The fraction of sp³-hybridized carbons (Fsp3) is 0.154. The Balaban J connectivity index is 1.95. The molecule has 1 aromatic heterocycles. The maximum atomic E-state index is 12.1. The summed E-state index contributed by atoms with van der Waals surface area (Å²) in [5.41, 5.74) is -0.389. The number of sulfone groups is 1. The summed E-state index contributed by atoms with van der Waals surface area (Å²) < 4.78 is 29.1. The highest BCUT2D eigenvalue weighted by atomic mass is 32.2. The molecule has 0 fully saturated rings. The number of carbonyl (C=O) groups excluding carboxylic acids is 1. The number of aromatic hydroxyl groups is 2. The van der Waals surface area contributed by atoms with Gasteiger partial charge in [-0.05, 0) is 6.07 Å². The van der Waals surface area contributed by atoms with Gasteiger partial charge in [0.15, 0.2) is 9.84 Å². The lowest BCUT2D eigenvalue weighted by atomic mass is 10.3. The third-order valence-electron chi connectivity index (χ3n) is 2.92. The van der Waals surface area contributed by atoms with Crippen molar-refractivity contribution in [3.8, 4) is 11.8 Å². The lowest BCUT2D eigenvalue weighted by molar-refractivity contribution is -0.385. The number of non-ortho nitro benzene ring substituents is 1. The van der Waals surface area contributed by atoms with Crippen LogP contribution in [0.4, 0.5) is 10.5 Å². The van der Waals surface area contributed by atoms with Gasteiger partial charge in [-0.3, -0.25) is 15.0 Å². The van der Waals surface area contributed by atoms with E-state index < -0.39 is 45.0 Å². The van der Waals surface area contributed by atoms with E-state index in [1.54, 1.807) is 0 Å². The van der Waals surface area contributed by atoms with Crippen LogP contribution in [0, 0.1) is 10.1 Å². The minimum atomic E-state index is -3.93. The lowest BCUT2D eigenvalue weighted by Crippen LogP contribution is -2.23. The molecule has 0 atom stereocenters. The first-order valence-electron chi connectivity index (χ1n) is 6.62. The first-order chi connectivity index (χ1) is 11.7. The smallest absolute Gasteiger partial charge is 0.492 e. The number of nitro groups is 1. The van der Waals surface area contributed by atoms with Crippen LogP contribution in [0.2, 0.25) is 0 Å². The third-order valence-corrected chi connectivity index (χ3v) is 4.60. The summed E-state index contributed by atoms with van der Waals surface area (Å²) in [6, 6.07) is 6.53. The Bertz CT molecular complexity index is 884. The quantitative estimate of drug-likeness (QED) is 0.426. The van der Waals surface area contributed by atoms with Crippen molar-refractivity contribution < 1.29 is 37.9 Å². The Labute approximate surface area is 140 Å². The largest absolute Gasteiger partial charge is 0.533 e. The highest BCUT2D eigenvalue weighted by Gasteiger charge is 2.19. The fourth-order valence-corrected chi connectivity index (χ4v) is 2.86. The van der Waals surface area contributed by atoms with Gasteiger partial charge in [-0.15, -0.1) is 4.73 Å². The standard InChI is InChI=1S/C13H12N2O9S/c16-11-4-5-12(17)14(11)24-13(18)23-6-7-25(21,22)10-3-1-2-9(8-10)15(19)20/h1-5,8,16-17H,6-7H2. The molecule has 25 heavy (non-hydrogen) atoms. The summed E-state index contributed by atoms with van der Waals surface area (Å²) in [5, 5.41) is 29.2. The third kappa shape index (κ3) is 4.38. The molecule has 134 valence electrons. The zero-order valence-electron chi connectivity index (χ0n) is 12.4. The Morgan fingerprint density at radius 1 is 1.20 bits per heavy atom. The van der Waals surface area contributed by atoms with Gasteiger partial charge in [-0.1, -0.05) is 6.07 Å². The van der Waals surface area contributed by atoms with E-state index in [-0.39, 0.29) is 10.6 Å². The summed E-state index contributed by atoms with van der Waals surface area (Å²) in [4.78, 5) is 25.5. The topological polar surface area (TPSA) is 158 Å². The van der Waals surface area contributed by atoms with Crippen LogP contribution < -0.4 is 4.84 Å². The van der Waals surface area contributed by atoms with Gasteiger partial charge in [0.1, 0.15) is 6.61 Å². The van der Waals surface area contributed by atoms with Gasteiger partial charge in [0.25, 0.3) is 5.69 Å². The molecule has 1 aromatic carbocycles. The van der Waals surface area contributed by atoms with Crippen molar-refractivity contribution in [3.63, 3.8) is 0 Å². The average molecular weight is 372 g/mol. The van der Waals surface area contributed by atoms with E-state index in [9.17, 15) is 33.5 Å². The number of carbonyl (C=O) groups is 1. The molecule has 0 radical (unpaired) electrons. The summed E-state index contributed by atoms with van der Waals surface area (Å²) in [6.45, 7) is -0.605. The van der Waals surface area contributed by atoms with Crippen LogP contribution >= 0.6 is 0 Å². The highest BCUT2D eigenvalue weighted by molar-refractivity contribution is 7.91. The molecular formula is C13H12N2O9S. The Morgan fingerprint density at radius 3 is 2.44 bits per heavy atom. The maximum Gasteiger partial charge on any atom is 0.533 e. The highest BCUT2D eigenvalue weighted by Crippen LogP contribution is 2.19. The van der Waals surface area contributed by atoms with Crippen LogP contribution in [-0.2, 0) is 14.6 Å². The van der Waals surface area contributed by atoms with Crippen LogP contribution in [0.3, 0.4) is 0 Å². The van der Waals surface area contributed by atoms with Gasteiger partial charge in [0.05, 0.1) is 15.6 Å². The number of hydrogen-bond acceptors (Lipinski definition) is 9. The first-order valence-corrected chi connectivity index (χ1v) is 8.28. The molecule has 0 aliphatic carbocycles. The van der Waals surface area contributed by atoms with Crippen LogP contribution in [0.25, 0.3) is 0 Å². The van der Waals surface area contributed by atoms with E-state index in [1.807, 2.05) is 0 Å². The number of ether oxygens (including phenoxy) is 1. The molecule has 2 rings (SSSR count). The summed E-state index contributed by atoms with van der Waals surface area (Å²) >= 11 is 0. The Morgan fingerprint density at radius 2 is 1.84 bits per heavy atom. The first kappa shape index (κ1) is 18.1. The molecule has 2 aromatic rings. The molecule has 0 aliphatic rings. The number of hydrogen-bond donors (Lipinski definition) is 2. The molecule has 2 N–H and O–H groups in total. The molecule has 0 unspecified atom stereocenters. The van der Waals surface area contributed by atoms with Crippen LogP contribution in [0.1, 0.15) is 0 Å². The molecule has 0 spiro atoms. The predicted molar refractivity (Wildman–Crippen MR) is 80.8 cm³/mol. The summed E-state index contributed by atoms with van der Waals surface area (Å²) in [5.74, 6) is -1.79. The van der Waals surface area contributed by atoms with Gasteiger partial charge in [0.2, 0.25) is 11.8 Å². The number of rotatable bonds is 6. The number of nitro benzene ring substituents is 1. The van der Waals surface area contributed by atoms with E-state index in [4.69, 9.17) is 0 Å². The molecule has 1 heterocycles. The van der Waals surface area contributed by atoms with Crippen LogP contribution in [0.15, 0.2) is 41.3 Å². The zero-order valence-corrected chi connectivity index (χ0v) is 13.2. The molecule has 0 aliphatic heterocycles. The van der Waals surface area contributed by atoms with Gasteiger partial charge in [0, 0.05) is 24.3 Å². The maximum absolute atomic E-state index is 12.1. The normalized spacial score (nSPS) is 11.0. The fourth-order valence-electron chi connectivity index (χ4n) is 1.74. The van der Waals surface area contributed by atoms with E-state index in [2.05, 4.69) is 9.57 Å². The van der Waals surface area contributed by atoms with Gasteiger partial charge in [-0.25, -0.2) is 13.2 Å². The van der Waals surface area contributed by atoms with E-state index in [1.165, 1.54) is 12.1 Å². The second-order valence-corrected chi connectivity index (χ2v) is 6.72. The van der Waals surface area contributed by atoms with E-state index in [0.717, 1.165) is 24.3 Å². The molecule has 0 bridgehead atoms. The second kappa shape index (κ2) is 7.09. The van der Waals surface area contributed by atoms with Crippen molar-refractivity contribution in [3.05, 3.63) is 46.5 Å². The van der Waals surface area contributed by atoms with Crippen LogP contribution in [0.5, 0.6) is 11.8 Å². The van der Waals surface area contributed by atoms with Crippen molar-refractivity contribution in [1.82, 2.24) is 4.73 Å². The van der Waals surface area contributed by atoms with Crippen molar-refractivity contribution in [2.75, 3.05) is 12.4 Å². The minimum absolute atomic E-state index is 0.292. The molecule has 0 saturated carbocycles. The number of nitrogens with zero attached hydrogens (tertiary/aromatic N) is 2. The molecule has 0 saturated heterocycles. The molecule has 11 nitrogen and oxygen atoms in total. The Hall–Kier alpha value is -3.28. The predicted octanol–water partition coefficient (Wildman–Crippen LogP) is 0.847. The van der Waals surface area contributed by atoms with E-state index in [0.29, 0.717) is 4.73 Å². The molecule has 12 heteroatoms. The van der Waals surface area contributed by atoms with Crippen molar-refractivity contribution in [2.45, 2.75) is 4.90 Å². The summed E-state index contributed by atoms with van der Waals surface area (Å²) in [7, 11) is -3.93. The summed E-state index contributed by atoms with van der Waals surface area (Å²) in [6.07, 6.45) is -1.36. The second-order valence-electron chi connectivity index (χ2n) is 4.61. The number of benzene rings is 1. The SMILES string of the molecule is O=C(OCCS(=O)(=O)c1cccc([N+](=O)[O-])c1)On1c(O)ccc1O. The molecular weight excluding hydrogens is 360 g/mol. The van der Waals surface area contributed by atoms with Gasteiger partial charge < -0.3 is 14.9 Å². The monoisotopic (exact) mass is 372 g/mol. The Kier molecular flexibility index (Phi) is 5.12. The van der Waals surface area contributed by atoms with Crippen molar-refractivity contribution in [1.29, 1.82) is 0 Å². The molecule has 0 amide bonds. The zero-order chi connectivity index (χ0) is 18.6. The lowest BCUT2D eigenvalue weighted by Gasteiger charge is -2.08.